The minimum atomic E-state index is -3.32. The van der Waals surface area contributed by atoms with Crippen molar-refractivity contribution in [2.45, 2.75) is 12.8 Å². The van der Waals surface area contributed by atoms with E-state index in [0.29, 0.717) is 24.1 Å². The van der Waals surface area contributed by atoms with Crippen LogP contribution in [0.5, 0.6) is 0 Å². The first kappa shape index (κ1) is 20.3. The highest BCUT2D eigenvalue weighted by atomic mass is 32.2. The fourth-order valence-corrected chi connectivity index (χ4v) is 3.68. The van der Waals surface area contributed by atoms with Crippen molar-refractivity contribution in [3.05, 3.63) is 71.3 Å². The molecule has 140 valence electrons. The number of ketones is 1. The molecule has 0 bridgehead atoms. The van der Waals surface area contributed by atoms with Gasteiger partial charge < -0.3 is 4.90 Å². The van der Waals surface area contributed by atoms with Gasteiger partial charge in [-0.25, -0.2) is 13.1 Å². The lowest BCUT2D eigenvalue weighted by Gasteiger charge is -2.10. The average Bonchev–Trinajstić information content (AvgIpc) is 2.64. The first-order valence-electron chi connectivity index (χ1n) is 8.68. The Balaban J connectivity index is 1.93. The minimum absolute atomic E-state index is 0.0119. The summed E-state index contributed by atoms with van der Waals surface area (Å²) in [5.41, 5.74) is 2.04. The Morgan fingerprint density at radius 3 is 2.38 bits per heavy atom. The number of nitrogens with zero attached hydrogens (tertiary/aromatic N) is 1. The molecule has 2 aromatic carbocycles. The van der Waals surface area contributed by atoms with Crippen LogP contribution in [0, 0.1) is 0 Å². The van der Waals surface area contributed by atoms with Crippen molar-refractivity contribution >= 4 is 15.8 Å². The summed E-state index contributed by atoms with van der Waals surface area (Å²) in [6, 6.07) is 16.2. The molecule has 2 rings (SSSR count). The second-order valence-electron chi connectivity index (χ2n) is 6.52. The SMILES string of the molecule is CN(C)CCCNS(=O)(=O)CCc1cccc(C(=O)c2ccccc2)c1. The summed E-state index contributed by atoms with van der Waals surface area (Å²) < 4.78 is 26.8. The van der Waals surface area contributed by atoms with Crippen molar-refractivity contribution in [3.63, 3.8) is 0 Å². The number of aryl methyl sites for hydroxylation is 1. The molecule has 0 heterocycles. The molecule has 0 spiro atoms. The Morgan fingerprint density at radius 2 is 1.69 bits per heavy atom. The van der Waals surface area contributed by atoms with E-state index in [1.165, 1.54) is 0 Å². The van der Waals surface area contributed by atoms with Gasteiger partial charge >= 0.3 is 0 Å². The highest BCUT2D eigenvalue weighted by molar-refractivity contribution is 7.89. The number of carbonyl (C=O) groups is 1. The first-order chi connectivity index (χ1) is 12.4. The predicted octanol–water partition coefficient (Wildman–Crippen LogP) is 2.33. The van der Waals surface area contributed by atoms with Crippen molar-refractivity contribution in [2.24, 2.45) is 0 Å². The molecular formula is C20H26N2O3S. The predicted molar refractivity (Wildman–Crippen MR) is 105 cm³/mol. The van der Waals surface area contributed by atoms with Crippen molar-refractivity contribution in [1.29, 1.82) is 0 Å². The van der Waals surface area contributed by atoms with Crippen LogP contribution >= 0.6 is 0 Å². The summed E-state index contributed by atoms with van der Waals surface area (Å²) in [5.74, 6) is -0.0464. The highest BCUT2D eigenvalue weighted by Gasteiger charge is 2.12. The Labute approximate surface area is 156 Å². The van der Waals surface area contributed by atoms with Crippen LogP contribution in [0.3, 0.4) is 0 Å². The van der Waals surface area contributed by atoms with Crippen LogP contribution in [-0.2, 0) is 16.4 Å². The Morgan fingerprint density at radius 1 is 1.00 bits per heavy atom. The van der Waals surface area contributed by atoms with E-state index in [2.05, 4.69) is 4.72 Å². The van der Waals surface area contributed by atoms with Gasteiger partial charge in [0, 0.05) is 17.7 Å². The zero-order chi connectivity index (χ0) is 19.0. The lowest BCUT2D eigenvalue weighted by Crippen LogP contribution is -2.30. The quantitative estimate of drug-likeness (QED) is 0.512. The summed E-state index contributed by atoms with van der Waals surface area (Å²) in [4.78, 5) is 14.5. The number of nitrogens with one attached hydrogen (secondary N) is 1. The van der Waals surface area contributed by atoms with Crippen molar-refractivity contribution in [1.82, 2.24) is 9.62 Å². The Kier molecular flexibility index (Phi) is 7.50. The molecule has 0 unspecified atom stereocenters. The number of sulfonamides is 1. The van der Waals surface area contributed by atoms with Gasteiger partial charge in [-0.1, -0.05) is 48.5 Å². The third kappa shape index (κ3) is 6.71. The van der Waals surface area contributed by atoms with E-state index in [1.807, 2.05) is 43.3 Å². The van der Waals surface area contributed by atoms with Crippen LogP contribution in [0.15, 0.2) is 54.6 Å². The summed E-state index contributed by atoms with van der Waals surface area (Å²) >= 11 is 0. The van der Waals surface area contributed by atoms with E-state index < -0.39 is 10.0 Å². The molecule has 0 saturated heterocycles. The zero-order valence-corrected chi connectivity index (χ0v) is 16.1. The van der Waals surface area contributed by atoms with Gasteiger partial charge in [0.15, 0.2) is 5.78 Å². The monoisotopic (exact) mass is 374 g/mol. The van der Waals surface area contributed by atoms with Crippen molar-refractivity contribution < 1.29 is 13.2 Å². The van der Waals surface area contributed by atoms with Crippen LogP contribution in [0.25, 0.3) is 0 Å². The largest absolute Gasteiger partial charge is 0.309 e. The molecular weight excluding hydrogens is 348 g/mol. The lowest BCUT2D eigenvalue weighted by atomic mass is 10.0. The van der Waals surface area contributed by atoms with E-state index in [1.54, 1.807) is 30.3 Å². The third-order valence-corrected chi connectivity index (χ3v) is 5.37. The molecule has 26 heavy (non-hydrogen) atoms. The third-order valence-electron chi connectivity index (χ3n) is 3.99. The van der Waals surface area contributed by atoms with Crippen LogP contribution in [0.2, 0.25) is 0 Å². The number of rotatable bonds is 10. The number of hydrogen-bond acceptors (Lipinski definition) is 4. The van der Waals surface area contributed by atoms with Gasteiger partial charge in [-0.2, -0.15) is 0 Å². The van der Waals surface area contributed by atoms with Gasteiger partial charge in [-0.3, -0.25) is 4.79 Å². The fraction of sp³-hybridized carbons (Fsp3) is 0.350. The molecule has 0 aliphatic rings. The fourth-order valence-electron chi connectivity index (χ4n) is 2.57. The van der Waals surface area contributed by atoms with Crippen molar-refractivity contribution in [2.75, 3.05) is 32.9 Å². The molecule has 0 fully saturated rings. The van der Waals surface area contributed by atoms with Gasteiger partial charge in [0.2, 0.25) is 10.0 Å². The molecule has 0 saturated carbocycles. The van der Waals surface area contributed by atoms with Gasteiger partial charge in [-0.15, -0.1) is 0 Å². The highest BCUT2D eigenvalue weighted by Crippen LogP contribution is 2.12. The van der Waals surface area contributed by atoms with Gasteiger partial charge in [-0.05, 0) is 45.1 Å². The van der Waals surface area contributed by atoms with Crippen LogP contribution in [0.4, 0.5) is 0 Å². The Hall–Kier alpha value is -2.02. The molecule has 6 heteroatoms. The molecule has 0 aromatic heterocycles. The van der Waals surface area contributed by atoms with E-state index in [9.17, 15) is 13.2 Å². The lowest BCUT2D eigenvalue weighted by molar-refractivity contribution is 0.103. The van der Waals surface area contributed by atoms with Gasteiger partial charge in [0.25, 0.3) is 0 Å². The maximum atomic E-state index is 12.5. The normalized spacial score (nSPS) is 11.7. The maximum Gasteiger partial charge on any atom is 0.211 e. The smallest absolute Gasteiger partial charge is 0.211 e. The van der Waals surface area contributed by atoms with E-state index >= 15 is 0 Å². The summed E-state index contributed by atoms with van der Waals surface area (Å²) in [6.45, 7) is 1.28. The van der Waals surface area contributed by atoms with Gasteiger partial charge in [0.05, 0.1) is 5.75 Å². The van der Waals surface area contributed by atoms with E-state index in [4.69, 9.17) is 0 Å². The topological polar surface area (TPSA) is 66.5 Å². The summed E-state index contributed by atoms with van der Waals surface area (Å²) in [7, 11) is 0.597. The molecule has 0 aliphatic heterocycles. The van der Waals surface area contributed by atoms with Crippen LogP contribution in [-0.4, -0.2) is 52.0 Å². The summed E-state index contributed by atoms with van der Waals surface area (Å²) in [5, 5.41) is 0. The van der Waals surface area contributed by atoms with Gasteiger partial charge in [0.1, 0.15) is 0 Å². The first-order valence-corrected chi connectivity index (χ1v) is 10.3. The number of carbonyl (C=O) groups excluding carboxylic acids is 1. The van der Waals surface area contributed by atoms with Crippen LogP contribution < -0.4 is 4.72 Å². The molecule has 5 nitrogen and oxygen atoms in total. The number of hydrogen-bond donors (Lipinski definition) is 1. The van der Waals surface area contributed by atoms with E-state index in [0.717, 1.165) is 18.5 Å². The van der Waals surface area contributed by atoms with Crippen molar-refractivity contribution in [3.8, 4) is 0 Å². The zero-order valence-electron chi connectivity index (χ0n) is 15.3. The van der Waals surface area contributed by atoms with Crippen LogP contribution in [0.1, 0.15) is 27.9 Å². The minimum Gasteiger partial charge on any atom is -0.309 e. The standard InChI is InChI=1S/C20H26N2O3S/c1-22(2)14-7-13-21-26(24,25)15-12-17-8-6-11-19(16-17)20(23)18-9-4-3-5-10-18/h3-6,8-11,16,21H,7,12-15H2,1-2H3. The molecule has 0 atom stereocenters. The Bertz CT molecular complexity index is 818. The summed E-state index contributed by atoms with van der Waals surface area (Å²) in [6.07, 6.45) is 1.15. The molecule has 1 N–H and O–H groups in total. The molecule has 0 aliphatic carbocycles. The molecule has 2 aromatic rings. The maximum absolute atomic E-state index is 12.5. The second-order valence-corrected chi connectivity index (χ2v) is 8.44. The average molecular weight is 375 g/mol. The number of benzene rings is 2. The molecule has 0 amide bonds. The van der Waals surface area contributed by atoms with E-state index in [-0.39, 0.29) is 11.5 Å². The second kappa shape index (κ2) is 9.62. The molecule has 0 radical (unpaired) electrons.